The third-order valence-electron chi connectivity index (χ3n) is 3.42. The molecule has 0 aliphatic heterocycles. The highest BCUT2D eigenvalue weighted by molar-refractivity contribution is 14.0. The van der Waals surface area contributed by atoms with Gasteiger partial charge >= 0.3 is 0 Å². The number of hydrogen-bond donors (Lipinski definition) is 2. The molecule has 0 atom stereocenters. The van der Waals surface area contributed by atoms with Crippen LogP contribution in [0.5, 0.6) is 0 Å². The fraction of sp³-hybridized carbons (Fsp3) is 0.923. The number of hydrogen-bond acceptors (Lipinski definition) is 2. The van der Waals surface area contributed by atoms with Gasteiger partial charge in [0.15, 0.2) is 5.96 Å². The van der Waals surface area contributed by atoms with Crippen LogP contribution in [0.25, 0.3) is 0 Å². The van der Waals surface area contributed by atoms with Crippen molar-refractivity contribution in [3.8, 4) is 0 Å². The van der Waals surface area contributed by atoms with E-state index in [-0.39, 0.29) is 24.0 Å². The second kappa shape index (κ2) is 8.96. The van der Waals surface area contributed by atoms with E-state index in [9.17, 15) is 0 Å². The van der Waals surface area contributed by atoms with Crippen LogP contribution in [0.1, 0.15) is 46.5 Å². The lowest BCUT2D eigenvalue weighted by Crippen LogP contribution is -2.39. The minimum atomic E-state index is 0. The maximum absolute atomic E-state index is 5.82. The van der Waals surface area contributed by atoms with E-state index in [1.165, 1.54) is 19.3 Å². The predicted octanol–water partition coefficient (Wildman–Crippen LogP) is 2.51. The first kappa shape index (κ1) is 18.0. The molecule has 0 bridgehead atoms. The van der Waals surface area contributed by atoms with Crippen LogP contribution in [0.15, 0.2) is 4.99 Å². The van der Waals surface area contributed by atoms with Gasteiger partial charge in [-0.05, 0) is 45.4 Å². The summed E-state index contributed by atoms with van der Waals surface area (Å²) in [5.74, 6) is 0.572. The lowest BCUT2D eigenvalue weighted by Gasteiger charge is -2.40. The molecule has 3 N–H and O–H groups in total. The molecule has 1 saturated carbocycles. The van der Waals surface area contributed by atoms with Gasteiger partial charge in [-0.2, -0.15) is 0 Å². The average molecular weight is 369 g/mol. The molecule has 0 heterocycles. The minimum Gasteiger partial charge on any atom is -0.382 e. The molecule has 0 aromatic carbocycles. The first-order valence-corrected chi connectivity index (χ1v) is 6.72. The predicted molar refractivity (Wildman–Crippen MR) is 87.6 cm³/mol. The molecule has 1 fully saturated rings. The Kier molecular flexibility index (Phi) is 8.94. The standard InChI is InChI=1S/C13H27N3O.HI/c1-4-17-9-8-13(6-5-7-13)10-15-12(14)16-11(2)3;/h11H,4-10H2,1-3H3,(H3,14,15,16);1H. The van der Waals surface area contributed by atoms with E-state index in [1.807, 2.05) is 6.92 Å². The van der Waals surface area contributed by atoms with E-state index < -0.39 is 0 Å². The van der Waals surface area contributed by atoms with E-state index >= 15 is 0 Å². The van der Waals surface area contributed by atoms with Gasteiger partial charge in [0.25, 0.3) is 0 Å². The Balaban J connectivity index is 0.00000289. The molecular formula is C13H28IN3O. The zero-order chi connectivity index (χ0) is 12.7. The molecule has 18 heavy (non-hydrogen) atoms. The summed E-state index contributed by atoms with van der Waals surface area (Å²) in [6, 6.07) is 0.347. The maximum atomic E-state index is 5.82. The monoisotopic (exact) mass is 369 g/mol. The van der Waals surface area contributed by atoms with E-state index in [2.05, 4.69) is 24.2 Å². The van der Waals surface area contributed by atoms with Gasteiger partial charge in [0.2, 0.25) is 0 Å². The number of rotatable bonds is 7. The molecule has 0 saturated heterocycles. The zero-order valence-corrected chi connectivity index (χ0v) is 14.2. The van der Waals surface area contributed by atoms with Crippen LogP contribution in [0, 0.1) is 5.41 Å². The van der Waals surface area contributed by atoms with Gasteiger partial charge in [0.05, 0.1) is 0 Å². The van der Waals surface area contributed by atoms with Crippen LogP contribution in [0.3, 0.4) is 0 Å². The van der Waals surface area contributed by atoms with Gasteiger partial charge in [0, 0.05) is 25.8 Å². The van der Waals surface area contributed by atoms with Gasteiger partial charge in [-0.15, -0.1) is 24.0 Å². The van der Waals surface area contributed by atoms with Crippen molar-refractivity contribution >= 4 is 29.9 Å². The molecular weight excluding hydrogens is 341 g/mol. The van der Waals surface area contributed by atoms with Gasteiger partial charge in [0.1, 0.15) is 0 Å². The number of aliphatic imine (C=N–C) groups is 1. The molecule has 4 nitrogen and oxygen atoms in total. The van der Waals surface area contributed by atoms with Crippen molar-refractivity contribution in [3.63, 3.8) is 0 Å². The Labute approximate surface area is 128 Å². The topological polar surface area (TPSA) is 59.6 Å². The van der Waals surface area contributed by atoms with Crippen molar-refractivity contribution < 1.29 is 4.74 Å². The Morgan fingerprint density at radius 2 is 2.11 bits per heavy atom. The number of nitrogens with two attached hydrogens (primary N) is 1. The van der Waals surface area contributed by atoms with Crippen molar-refractivity contribution in [2.24, 2.45) is 16.1 Å². The summed E-state index contributed by atoms with van der Waals surface area (Å²) in [4.78, 5) is 4.46. The van der Waals surface area contributed by atoms with Crippen LogP contribution in [-0.2, 0) is 4.74 Å². The summed E-state index contributed by atoms with van der Waals surface area (Å²) < 4.78 is 5.44. The third-order valence-corrected chi connectivity index (χ3v) is 3.42. The van der Waals surface area contributed by atoms with Gasteiger partial charge in [-0.3, -0.25) is 4.99 Å². The molecule has 108 valence electrons. The Hall–Kier alpha value is -0.0400. The zero-order valence-electron chi connectivity index (χ0n) is 11.9. The Morgan fingerprint density at radius 1 is 1.44 bits per heavy atom. The van der Waals surface area contributed by atoms with Gasteiger partial charge in [-0.25, -0.2) is 0 Å². The van der Waals surface area contributed by atoms with Crippen molar-refractivity contribution in [2.75, 3.05) is 19.8 Å². The highest BCUT2D eigenvalue weighted by Gasteiger charge is 2.36. The number of halogens is 1. The summed E-state index contributed by atoms with van der Waals surface area (Å²) in [6.07, 6.45) is 4.95. The van der Waals surface area contributed by atoms with E-state index in [1.54, 1.807) is 0 Å². The highest BCUT2D eigenvalue weighted by atomic mass is 127. The molecule has 1 rings (SSSR count). The number of guanidine groups is 1. The second-order valence-electron chi connectivity index (χ2n) is 5.30. The smallest absolute Gasteiger partial charge is 0.188 e. The quantitative estimate of drug-likeness (QED) is 0.314. The summed E-state index contributed by atoms with van der Waals surface area (Å²) in [5, 5.41) is 3.13. The van der Waals surface area contributed by atoms with Crippen molar-refractivity contribution in [1.29, 1.82) is 0 Å². The summed E-state index contributed by atoms with van der Waals surface area (Å²) in [5.41, 5.74) is 6.18. The minimum absolute atomic E-state index is 0. The van der Waals surface area contributed by atoms with Crippen molar-refractivity contribution in [2.45, 2.75) is 52.5 Å². The van der Waals surface area contributed by atoms with Crippen molar-refractivity contribution in [1.82, 2.24) is 5.32 Å². The maximum Gasteiger partial charge on any atom is 0.188 e. The average Bonchev–Trinajstić information content (AvgIpc) is 2.20. The SMILES string of the molecule is CCOCCC1(CN=C(N)NC(C)C)CCC1.I. The van der Waals surface area contributed by atoms with Crippen LogP contribution in [0.4, 0.5) is 0 Å². The number of nitrogens with zero attached hydrogens (tertiary/aromatic N) is 1. The fourth-order valence-corrected chi connectivity index (χ4v) is 2.19. The van der Waals surface area contributed by atoms with Crippen LogP contribution >= 0.6 is 24.0 Å². The van der Waals surface area contributed by atoms with Crippen molar-refractivity contribution in [3.05, 3.63) is 0 Å². The molecule has 0 aromatic heterocycles. The molecule has 0 radical (unpaired) electrons. The fourth-order valence-electron chi connectivity index (χ4n) is 2.19. The summed E-state index contributed by atoms with van der Waals surface area (Å²) in [6.45, 7) is 8.66. The van der Waals surface area contributed by atoms with Gasteiger partial charge in [-0.1, -0.05) is 6.42 Å². The molecule has 1 aliphatic carbocycles. The van der Waals surface area contributed by atoms with E-state index in [0.717, 1.165) is 26.2 Å². The number of ether oxygens (including phenoxy) is 1. The van der Waals surface area contributed by atoms with Gasteiger partial charge < -0.3 is 15.8 Å². The van der Waals surface area contributed by atoms with Crippen LogP contribution in [0.2, 0.25) is 0 Å². The molecule has 0 amide bonds. The summed E-state index contributed by atoms with van der Waals surface area (Å²) >= 11 is 0. The molecule has 0 unspecified atom stereocenters. The normalized spacial score (nSPS) is 18.1. The molecule has 0 aromatic rings. The number of nitrogens with one attached hydrogen (secondary N) is 1. The Bertz CT molecular complexity index is 253. The van der Waals surface area contributed by atoms with E-state index in [4.69, 9.17) is 10.5 Å². The Morgan fingerprint density at radius 3 is 2.56 bits per heavy atom. The summed E-state index contributed by atoms with van der Waals surface area (Å²) in [7, 11) is 0. The van der Waals surface area contributed by atoms with E-state index in [0.29, 0.717) is 17.4 Å². The molecule has 5 heteroatoms. The second-order valence-corrected chi connectivity index (χ2v) is 5.30. The van der Waals surface area contributed by atoms with Crippen LogP contribution in [-0.4, -0.2) is 31.8 Å². The van der Waals surface area contributed by atoms with Crippen LogP contribution < -0.4 is 11.1 Å². The molecule has 0 spiro atoms. The highest BCUT2D eigenvalue weighted by Crippen LogP contribution is 2.44. The first-order valence-electron chi connectivity index (χ1n) is 6.72. The first-order chi connectivity index (χ1) is 8.08. The lowest BCUT2D eigenvalue weighted by molar-refractivity contribution is 0.0609. The third kappa shape index (κ3) is 6.22. The largest absolute Gasteiger partial charge is 0.382 e. The molecule has 1 aliphatic rings. The lowest BCUT2D eigenvalue weighted by atomic mass is 9.67.